The number of carbonyl (C=O) groups is 2. The number of ether oxygens (including phenoxy) is 1. The lowest BCUT2D eigenvalue weighted by atomic mass is 9.83. The molecule has 0 spiro atoms. The fourth-order valence-corrected chi connectivity index (χ4v) is 5.62. The van der Waals surface area contributed by atoms with Crippen LogP contribution in [0.3, 0.4) is 0 Å². The molecule has 1 saturated heterocycles. The number of hydrogen-bond acceptors (Lipinski definition) is 5. The molecule has 2 atom stereocenters. The van der Waals surface area contributed by atoms with Crippen molar-refractivity contribution in [2.24, 2.45) is 5.92 Å². The van der Waals surface area contributed by atoms with Crippen molar-refractivity contribution in [3.8, 4) is 11.5 Å². The average Bonchev–Trinajstić information content (AvgIpc) is 3.31. The summed E-state index contributed by atoms with van der Waals surface area (Å²) < 4.78 is 67.9. The number of benzene rings is 2. The Labute approximate surface area is 214 Å². The number of nitrogens with zero attached hydrogens (tertiary/aromatic N) is 2. The lowest BCUT2D eigenvalue weighted by Gasteiger charge is -2.41. The van der Waals surface area contributed by atoms with E-state index in [-0.39, 0.29) is 41.7 Å². The van der Waals surface area contributed by atoms with Crippen molar-refractivity contribution < 1.29 is 35.9 Å². The normalized spacial score (nSPS) is 20.0. The SMILES string of the molecule is CC(=O)N1CC[C@H]([C@@H]2c3cc(Oc4ccc(C(F)(F)F)cc4)ccc3CCN2C(=O)CCS(C)(=O)=O)C1. The highest BCUT2D eigenvalue weighted by Crippen LogP contribution is 2.42. The Balaban J connectivity index is 1.63. The van der Waals surface area contributed by atoms with Crippen LogP contribution in [0.5, 0.6) is 11.5 Å². The van der Waals surface area contributed by atoms with Crippen molar-refractivity contribution in [2.75, 3.05) is 31.6 Å². The highest BCUT2D eigenvalue weighted by Gasteiger charge is 2.40. The van der Waals surface area contributed by atoms with Crippen LogP contribution in [0.15, 0.2) is 42.5 Å². The Hall–Kier alpha value is -3.08. The first-order chi connectivity index (χ1) is 17.3. The van der Waals surface area contributed by atoms with Crippen LogP contribution in [0.25, 0.3) is 0 Å². The molecule has 4 rings (SSSR count). The summed E-state index contributed by atoms with van der Waals surface area (Å²) in [6.45, 7) is 2.97. The van der Waals surface area contributed by atoms with Gasteiger partial charge in [-0.3, -0.25) is 9.59 Å². The zero-order chi connectivity index (χ0) is 27.0. The molecule has 2 aliphatic rings. The molecule has 2 amide bonds. The Morgan fingerprint density at radius 2 is 1.73 bits per heavy atom. The minimum absolute atomic E-state index is 0.0483. The molecule has 0 aliphatic carbocycles. The van der Waals surface area contributed by atoms with Gasteiger partial charge in [0.1, 0.15) is 21.3 Å². The second kappa shape index (κ2) is 10.4. The predicted octanol–water partition coefficient (Wildman–Crippen LogP) is 4.23. The van der Waals surface area contributed by atoms with Crippen molar-refractivity contribution in [1.29, 1.82) is 0 Å². The summed E-state index contributed by atoms with van der Waals surface area (Å²) >= 11 is 0. The summed E-state index contributed by atoms with van der Waals surface area (Å²) in [5, 5.41) is 0. The molecule has 0 saturated carbocycles. The number of halogens is 3. The van der Waals surface area contributed by atoms with Crippen molar-refractivity contribution in [1.82, 2.24) is 9.80 Å². The Bertz CT molecular complexity index is 1280. The number of fused-ring (bicyclic) bond motifs is 1. The highest BCUT2D eigenvalue weighted by molar-refractivity contribution is 7.90. The van der Waals surface area contributed by atoms with Gasteiger partial charge in [0, 0.05) is 45.2 Å². The molecule has 0 N–H and O–H groups in total. The van der Waals surface area contributed by atoms with Crippen LogP contribution in [0, 0.1) is 5.92 Å². The first-order valence-corrected chi connectivity index (χ1v) is 14.1. The number of carbonyl (C=O) groups excluding carboxylic acids is 2. The van der Waals surface area contributed by atoms with Crippen LogP contribution < -0.4 is 4.74 Å². The maximum Gasteiger partial charge on any atom is 0.416 e. The van der Waals surface area contributed by atoms with Gasteiger partial charge in [-0.1, -0.05) is 6.07 Å². The number of amides is 2. The topological polar surface area (TPSA) is 84.0 Å². The monoisotopic (exact) mass is 538 g/mol. The summed E-state index contributed by atoms with van der Waals surface area (Å²) in [5.41, 5.74) is 1.09. The smallest absolute Gasteiger partial charge is 0.416 e. The molecule has 0 bridgehead atoms. The molecule has 0 radical (unpaired) electrons. The van der Waals surface area contributed by atoms with E-state index in [0.717, 1.165) is 29.5 Å². The summed E-state index contributed by atoms with van der Waals surface area (Å²) in [6, 6.07) is 9.45. The van der Waals surface area contributed by atoms with E-state index in [9.17, 15) is 31.2 Å². The van der Waals surface area contributed by atoms with Gasteiger partial charge in [0.2, 0.25) is 11.8 Å². The summed E-state index contributed by atoms with van der Waals surface area (Å²) in [7, 11) is -3.32. The molecule has 200 valence electrons. The Kier molecular flexibility index (Phi) is 7.55. The van der Waals surface area contributed by atoms with Crippen LogP contribution in [-0.4, -0.2) is 61.7 Å². The standard InChI is InChI=1S/C26H29F3N2O5S/c1-17(32)30-12-9-19(16-30)25-23-15-22(36-21-7-4-20(5-8-21)26(27,28)29)6-3-18(23)10-13-31(25)24(33)11-14-37(2,34)35/h3-8,15,19,25H,9-14,16H2,1-2H3/t19-,25+/m0/s1. The molecule has 0 aromatic heterocycles. The Morgan fingerprint density at radius 1 is 1.05 bits per heavy atom. The van der Waals surface area contributed by atoms with Gasteiger partial charge in [-0.15, -0.1) is 0 Å². The second-order valence-corrected chi connectivity index (χ2v) is 11.9. The summed E-state index contributed by atoms with van der Waals surface area (Å²) in [4.78, 5) is 28.6. The van der Waals surface area contributed by atoms with E-state index in [0.29, 0.717) is 38.2 Å². The molecule has 2 aromatic carbocycles. The van der Waals surface area contributed by atoms with Crippen molar-refractivity contribution in [2.45, 2.75) is 38.4 Å². The van der Waals surface area contributed by atoms with Gasteiger partial charge >= 0.3 is 6.18 Å². The summed E-state index contributed by atoms with van der Waals surface area (Å²) in [5.74, 6) is 0.0413. The molecule has 7 nitrogen and oxygen atoms in total. The van der Waals surface area contributed by atoms with E-state index in [1.165, 1.54) is 19.1 Å². The Morgan fingerprint density at radius 3 is 2.32 bits per heavy atom. The first-order valence-electron chi connectivity index (χ1n) is 12.0. The number of sulfone groups is 1. The van der Waals surface area contributed by atoms with Crippen molar-refractivity contribution in [3.63, 3.8) is 0 Å². The van der Waals surface area contributed by atoms with E-state index in [2.05, 4.69) is 0 Å². The molecule has 11 heteroatoms. The predicted molar refractivity (Wildman–Crippen MR) is 131 cm³/mol. The molecular weight excluding hydrogens is 509 g/mol. The van der Waals surface area contributed by atoms with Crippen molar-refractivity contribution in [3.05, 3.63) is 59.2 Å². The van der Waals surface area contributed by atoms with E-state index in [4.69, 9.17) is 4.74 Å². The molecule has 1 fully saturated rings. The summed E-state index contributed by atoms with van der Waals surface area (Å²) in [6.07, 6.45) is -2.23. The fraction of sp³-hybridized carbons (Fsp3) is 0.462. The molecule has 2 aromatic rings. The van der Waals surface area contributed by atoms with Gasteiger partial charge in [0.15, 0.2) is 0 Å². The third kappa shape index (κ3) is 6.44. The van der Waals surface area contributed by atoms with E-state index < -0.39 is 21.6 Å². The van der Waals surface area contributed by atoms with Crippen LogP contribution >= 0.6 is 0 Å². The quantitative estimate of drug-likeness (QED) is 0.550. The molecule has 37 heavy (non-hydrogen) atoms. The van der Waals surface area contributed by atoms with Gasteiger partial charge in [-0.2, -0.15) is 13.2 Å². The molecule has 2 aliphatic heterocycles. The van der Waals surface area contributed by atoms with Crippen LogP contribution in [-0.2, 0) is 32.0 Å². The number of hydrogen-bond donors (Lipinski definition) is 0. The lowest BCUT2D eigenvalue weighted by molar-refractivity contribution is -0.137. The van der Waals surface area contributed by atoms with Crippen LogP contribution in [0.4, 0.5) is 13.2 Å². The first kappa shape index (κ1) is 27.0. The van der Waals surface area contributed by atoms with Gasteiger partial charge < -0.3 is 14.5 Å². The number of alkyl halides is 3. The minimum atomic E-state index is -4.44. The average molecular weight is 539 g/mol. The zero-order valence-corrected chi connectivity index (χ0v) is 21.4. The van der Waals surface area contributed by atoms with E-state index in [1.54, 1.807) is 21.9 Å². The van der Waals surface area contributed by atoms with Crippen molar-refractivity contribution >= 4 is 21.7 Å². The van der Waals surface area contributed by atoms with Crippen LogP contribution in [0.2, 0.25) is 0 Å². The third-order valence-corrected chi connectivity index (χ3v) is 7.88. The van der Waals surface area contributed by atoms with Gasteiger partial charge in [-0.05, 0) is 60.4 Å². The second-order valence-electron chi connectivity index (χ2n) is 9.66. The maximum absolute atomic E-state index is 13.2. The largest absolute Gasteiger partial charge is 0.457 e. The number of likely N-dealkylation sites (tertiary alicyclic amines) is 1. The lowest BCUT2D eigenvalue weighted by Crippen LogP contribution is -2.44. The fourth-order valence-electron chi connectivity index (χ4n) is 5.07. The van der Waals surface area contributed by atoms with Gasteiger partial charge in [-0.25, -0.2) is 8.42 Å². The molecule has 0 unspecified atom stereocenters. The third-order valence-electron chi connectivity index (χ3n) is 6.93. The van der Waals surface area contributed by atoms with E-state index in [1.807, 2.05) is 6.07 Å². The highest BCUT2D eigenvalue weighted by atomic mass is 32.2. The number of rotatable bonds is 6. The van der Waals surface area contributed by atoms with Gasteiger partial charge in [0.05, 0.1) is 17.4 Å². The maximum atomic E-state index is 13.2. The minimum Gasteiger partial charge on any atom is -0.457 e. The molecular formula is C26H29F3N2O5S. The molecule has 2 heterocycles. The van der Waals surface area contributed by atoms with E-state index >= 15 is 0 Å². The van der Waals surface area contributed by atoms with Gasteiger partial charge in [0.25, 0.3) is 0 Å². The van der Waals surface area contributed by atoms with Crippen LogP contribution in [0.1, 0.15) is 42.5 Å². The zero-order valence-electron chi connectivity index (χ0n) is 20.6.